The van der Waals surface area contributed by atoms with Crippen molar-refractivity contribution in [3.63, 3.8) is 0 Å². The highest BCUT2D eigenvalue weighted by molar-refractivity contribution is 7.89. The number of piperazine rings is 1. The minimum atomic E-state index is -3.85. The molecule has 8 nitrogen and oxygen atoms in total. The van der Waals surface area contributed by atoms with Crippen molar-refractivity contribution in [1.29, 1.82) is 0 Å². The molecule has 1 heterocycles. The highest BCUT2D eigenvalue weighted by atomic mass is 32.2. The normalized spacial score (nSPS) is 22.4. The van der Waals surface area contributed by atoms with E-state index < -0.39 is 21.7 Å². The quantitative estimate of drug-likeness (QED) is 0.415. The summed E-state index contributed by atoms with van der Waals surface area (Å²) in [5.74, 6) is 0.904. The summed E-state index contributed by atoms with van der Waals surface area (Å²) in [6.07, 6.45) is 8.60. The molecule has 2 aromatic rings. The Bertz CT molecular complexity index is 1240. The molecule has 1 spiro atoms. The maximum Gasteiger partial charge on any atom is 0.243 e. The molecule has 1 aliphatic heterocycles. The summed E-state index contributed by atoms with van der Waals surface area (Å²) < 4.78 is 34.4. The summed E-state index contributed by atoms with van der Waals surface area (Å²) in [5.41, 5.74) is 0.556. The zero-order chi connectivity index (χ0) is 28.9. The van der Waals surface area contributed by atoms with Gasteiger partial charge >= 0.3 is 0 Å². The average molecular weight is 584 g/mol. The number of nitrogens with zero attached hydrogens (tertiary/aromatic N) is 2. The lowest BCUT2D eigenvalue weighted by atomic mass is 9.78. The molecular formula is C32H45N3O5S. The fourth-order valence-electron chi connectivity index (χ4n) is 6.95. The van der Waals surface area contributed by atoms with Gasteiger partial charge in [-0.3, -0.25) is 4.79 Å². The van der Waals surface area contributed by atoms with E-state index in [-0.39, 0.29) is 35.9 Å². The van der Waals surface area contributed by atoms with E-state index in [1.807, 2.05) is 23.1 Å². The molecule has 3 aliphatic rings. The molecule has 9 heteroatoms. The van der Waals surface area contributed by atoms with E-state index in [2.05, 4.69) is 17.4 Å². The number of hydrogen-bond donors (Lipinski definition) is 2. The summed E-state index contributed by atoms with van der Waals surface area (Å²) >= 11 is 0. The summed E-state index contributed by atoms with van der Waals surface area (Å²) in [4.78, 5) is 16.1. The molecule has 3 fully saturated rings. The van der Waals surface area contributed by atoms with Crippen molar-refractivity contribution in [2.75, 3.05) is 33.3 Å². The number of carbonyl (C=O) groups is 1. The van der Waals surface area contributed by atoms with E-state index in [0.717, 1.165) is 63.4 Å². The number of aliphatic hydroxyl groups is 1. The van der Waals surface area contributed by atoms with E-state index in [1.54, 1.807) is 31.4 Å². The van der Waals surface area contributed by atoms with Gasteiger partial charge in [-0.15, -0.1) is 0 Å². The Morgan fingerprint density at radius 1 is 1.02 bits per heavy atom. The van der Waals surface area contributed by atoms with Crippen molar-refractivity contribution in [1.82, 2.24) is 14.5 Å². The second kappa shape index (κ2) is 13.2. The lowest BCUT2D eigenvalue weighted by molar-refractivity contribution is -0.148. The number of ether oxygens (including phenoxy) is 1. The third-order valence-corrected chi connectivity index (χ3v) is 11.1. The summed E-state index contributed by atoms with van der Waals surface area (Å²) in [6.45, 7) is 1.09. The van der Waals surface area contributed by atoms with E-state index in [4.69, 9.17) is 4.74 Å². The van der Waals surface area contributed by atoms with Gasteiger partial charge in [0.05, 0.1) is 23.6 Å². The van der Waals surface area contributed by atoms with E-state index >= 15 is 0 Å². The molecule has 5 rings (SSSR count). The van der Waals surface area contributed by atoms with Gasteiger partial charge in [-0.2, -0.15) is 4.31 Å². The molecule has 224 valence electrons. The van der Waals surface area contributed by atoms with Gasteiger partial charge in [0.1, 0.15) is 5.75 Å². The lowest BCUT2D eigenvalue weighted by Crippen LogP contribution is -2.69. The van der Waals surface area contributed by atoms with Crippen LogP contribution in [-0.2, 0) is 21.2 Å². The number of carbonyl (C=O) groups excluding carboxylic acids is 1. The molecule has 1 unspecified atom stereocenters. The Hall–Kier alpha value is -2.46. The third kappa shape index (κ3) is 6.96. The molecule has 0 bridgehead atoms. The van der Waals surface area contributed by atoms with Crippen molar-refractivity contribution in [2.24, 2.45) is 5.92 Å². The second-order valence-corrected chi connectivity index (χ2v) is 14.1. The fourth-order valence-corrected chi connectivity index (χ4v) is 8.51. The van der Waals surface area contributed by atoms with E-state index in [1.165, 1.54) is 4.31 Å². The Balaban J connectivity index is 1.37. The largest absolute Gasteiger partial charge is 0.497 e. The van der Waals surface area contributed by atoms with E-state index in [9.17, 15) is 18.3 Å². The minimum absolute atomic E-state index is 0.0452. The molecule has 2 saturated carbocycles. The van der Waals surface area contributed by atoms with Gasteiger partial charge in [0, 0.05) is 32.2 Å². The third-order valence-electron chi connectivity index (χ3n) is 9.26. The number of sulfonamides is 1. The van der Waals surface area contributed by atoms with Gasteiger partial charge in [-0.25, -0.2) is 8.42 Å². The highest BCUT2D eigenvalue weighted by Crippen LogP contribution is 2.34. The van der Waals surface area contributed by atoms with Crippen LogP contribution in [0.15, 0.2) is 59.5 Å². The number of hydrogen-bond acceptors (Lipinski definition) is 6. The lowest BCUT2D eigenvalue weighted by Gasteiger charge is -2.49. The van der Waals surface area contributed by atoms with Crippen molar-refractivity contribution < 1.29 is 23.1 Å². The van der Waals surface area contributed by atoms with Gasteiger partial charge < -0.3 is 20.1 Å². The van der Waals surface area contributed by atoms with Crippen LogP contribution in [0.4, 0.5) is 0 Å². The van der Waals surface area contributed by atoms with Gasteiger partial charge in [0.25, 0.3) is 0 Å². The SMILES string of the molecule is COc1ccc(S(=O)(=O)N(CC(O)CN2C(=O)C3(CCCCC3)NC[C@@H]2Cc2ccccc2)CC2CCCC2)cc1. The van der Waals surface area contributed by atoms with Crippen LogP contribution in [0.25, 0.3) is 0 Å². The molecule has 0 aromatic heterocycles. The Kier molecular flexibility index (Phi) is 9.69. The molecule has 0 radical (unpaired) electrons. The minimum Gasteiger partial charge on any atom is -0.497 e. The summed E-state index contributed by atoms with van der Waals surface area (Å²) in [5, 5.41) is 15.1. The average Bonchev–Trinajstić information content (AvgIpc) is 3.51. The molecule has 41 heavy (non-hydrogen) atoms. The molecule has 2 aromatic carbocycles. The first-order chi connectivity index (χ1) is 19.8. The summed E-state index contributed by atoms with van der Waals surface area (Å²) in [6, 6.07) is 16.4. The fraction of sp³-hybridized carbons (Fsp3) is 0.594. The first-order valence-electron chi connectivity index (χ1n) is 15.2. The van der Waals surface area contributed by atoms with Crippen LogP contribution in [0, 0.1) is 5.92 Å². The predicted molar refractivity (Wildman–Crippen MR) is 159 cm³/mol. The van der Waals surface area contributed by atoms with E-state index in [0.29, 0.717) is 25.3 Å². The maximum absolute atomic E-state index is 14.1. The summed E-state index contributed by atoms with van der Waals surface area (Å²) in [7, 11) is -2.30. The monoisotopic (exact) mass is 583 g/mol. The molecular weight excluding hydrogens is 538 g/mol. The highest BCUT2D eigenvalue weighted by Gasteiger charge is 2.47. The Labute approximate surface area is 245 Å². The van der Waals surface area contributed by atoms with Gasteiger partial charge in [-0.05, 0) is 67.9 Å². The van der Waals surface area contributed by atoms with Crippen molar-refractivity contribution in [2.45, 2.75) is 86.8 Å². The van der Waals surface area contributed by atoms with Crippen LogP contribution in [-0.4, -0.2) is 79.6 Å². The van der Waals surface area contributed by atoms with Crippen molar-refractivity contribution >= 4 is 15.9 Å². The zero-order valence-corrected chi connectivity index (χ0v) is 25.0. The topological polar surface area (TPSA) is 99.2 Å². The number of rotatable bonds is 11. The first kappa shape index (κ1) is 30.0. The van der Waals surface area contributed by atoms with Crippen LogP contribution >= 0.6 is 0 Å². The van der Waals surface area contributed by atoms with Gasteiger partial charge in [-0.1, -0.05) is 62.4 Å². The Morgan fingerprint density at radius 3 is 2.37 bits per heavy atom. The van der Waals surface area contributed by atoms with Crippen LogP contribution in [0.2, 0.25) is 0 Å². The number of methoxy groups -OCH3 is 1. The number of benzene rings is 2. The van der Waals surface area contributed by atoms with Crippen molar-refractivity contribution in [3.05, 3.63) is 60.2 Å². The molecule has 2 aliphatic carbocycles. The van der Waals surface area contributed by atoms with Crippen molar-refractivity contribution in [3.8, 4) is 5.75 Å². The van der Waals surface area contributed by atoms with Gasteiger partial charge in [0.2, 0.25) is 15.9 Å². The number of nitrogens with one attached hydrogen (secondary N) is 1. The molecule has 2 atom stereocenters. The maximum atomic E-state index is 14.1. The van der Waals surface area contributed by atoms with Crippen LogP contribution < -0.4 is 10.1 Å². The number of aliphatic hydroxyl groups excluding tert-OH is 1. The van der Waals surface area contributed by atoms with Crippen LogP contribution in [0.1, 0.15) is 63.4 Å². The van der Waals surface area contributed by atoms with Gasteiger partial charge in [0.15, 0.2) is 0 Å². The molecule has 2 N–H and O–H groups in total. The van der Waals surface area contributed by atoms with Crippen LogP contribution in [0.5, 0.6) is 5.75 Å². The number of amides is 1. The zero-order valence-electron chi connectivity index (χ0n) is 24.2. The number of β-amino-alcohol motifs (C(OH)–C–C–N with tert-alkyl or cyclic N) is 1. The predicted octanol–water partition coefficient (Wildman–Crippen LogP) is 3.98. The molecule has 1 saturated heterocycles. The van der Waals surface area contributed by atoms with Crippen LogP contribution in [0.3, 0.4) is 0 Å². The molecule has 1 amide bonds. The Morgan fingerprint density at radius 2 is 1.71 bits per heavy atom. The smallest absolute Gasteiger partial charge is 0.243 e. The standard InChI is InChI=1S/C32H45N3O5S/c1-40-29-14-16-30(17-15-29)41(38,39)34(22-26-12-6-7-13-26)23-28(36)24-35-27(20-25-10-4-2-5-11-25)21-33-32(31(35)37)18-8-3-9-19-32/h2,4-5,10-11,14-17,26-28,33,36H,3,6-9,12-13,18-24H2,1H3/t27-,28?/m0/s1. The second-order valence-electron chi connectivity index (χ2n) is 12.1. The first-order valence-corrected chi connectivity index (χ1v) is 16.7.